The molecule has 0 unspecified atom stereocenters. The summed E-state index contributed by atoms with van der Waals surface area (Å²) in [5, 5.41) is 1.37. The number of aryl methyl sites for hydroxylation is 1. The molecular formula is C21H26N2O. The van der Waals surface area contributed by atoms with Crippen molar-refractivity contribution >= 4 is 10.9 Å². The molecule has 0 atom stereocenters. The number of methoxy groups -OCH3 is 1. The van der Waals surface area contributed by atoms with Gasteiger partial charge in [0.15, 0.2) is 0 Å². The lowest BCUT2D eigenvalue weighted by Gasteiger charge is -2.08. The Kier molecular flexibility index (Phi) is 5.21. The van der Waals surface area contributed by atoms with Crippen LogP contribution in [0.3, 0.4) is 0 Å². The summed E-state index contributed by atoms with van der Waals surface area (Å²) in [6.07, 6.45) is 4.61. The van der Waals surface area contributed by atoms with Crippen LogP contribution in [0.2, 0.25) is 0 Å². The summed E-state index contributed by atoms with van der Waals surface area (Å²) in [6, 6.07) is 17.0. The molecular weight excluding hydrogens is 296 g/mol. The van der Waals surface area contributed by atoms with E-state index in [4.69, 9.17) is 4.74 Å². The first kappa shape index (κ1) is 16.6. The van der Waals surface area contributed by atoms with Crippen molar-refractivity contribution in [3.63, 3.8) is 0 Å². The van der Waals surface area contributed by atoms with E-state index in [1.165, 1.54) is 28.5 Å². The quantitative estimate of drug-likeness (QED) is 0.649. The van der Waals surface area contributed by atoms with E-state index in [-0.39, 0.29) is 0 Å². The third kappa shape index (κ3) is 3.80. The Bertz CT molecular complexity index is 804. The lowest BCUT2D eigenvalue weighted by Crippen LogP contribution is -2.13. The standard InChI is InChI=1S/C21H26N2O/c1-22(2)13-7-9-18-16-23(21-12-5-4-11-20(18)21)15-17-8-6-10-19(14-17)24-3/h4-6,8,10-12,14,16H,7,9,13,15H2,1-3H3. The van der Waals surface area contributed by atoms with E-state index in [1.807, 2.05) is 6.07 Å². The Morgan fingerprint density at radius 3 is 2.67 bits per heavy atom. The van der Waals surface area contributed by atoms with E-state index >= 15 is 0 Å². The highest BCUT2D eigenvalue weighted by Crippen LogP contribution is 2.24. The lowest BCUT2D eigenvalue weighted by molar-refractivity contribution is 0.400. The molecule has 0 N–H and O–H groups in total. The van der Waals surface area contributed by atoms with E-state index in [0.717, 1.165) is 25.3 Å². The van der Waals surface area contributed by atoms with Gasteiger partial charge in [0.05, 0.1) is 7.11 Å². The maximum absolute atomic E-state index is 5.35. The first-order chi connectivity index (χ1) is 11.7. The molecule has 0 saturated carbocycles. The molecule has 0 aliphatic carbocycles. The summed E-state index contributed by atoms with van der Waals surface area (Å²) >= 11 is 0. The van der Waals surface area contributed by atoms with Gasteiger partial charge in [0.1, 0.15) is 5.75 Å². The van der Waals surface area contributed by atoms with Crippen molar-refractivity contribution in [2.45, 2.75) is 19.4 Å². The zero-order valence-corrected chi connectivity index (χ0v) is 14.8. The number of aromatic nitrogens is 1. The van der Waals surface area contributed by atoms with Crippen LogP contribution in [0.5, 0.6) is 5.75 Å². The first-order valence-electron chi connectivity index (χ1n) is 8.52. The lowest BCUT2D eigenvalue weighted by atomic mass is 10.1. The normalized spacial score (nSPS) is 11.3. The molecule has 126 valence electrons. The molecule has 3 aromatic rings. The van der Waals surface area contributed by atoms with Crippen molar-refractivity contribution in [3.8, 4) is 5.75 Å². The molecule has 3 nitrogen and oxygen atoms in total. The Balaban J connectivity index is 1.87. The van der Waals surface area contributed by atoms with E-state index in [9.17, 15) is 0 Å². The highest BCUT2D eigenvalue weighted by atomic mass is 16.5. The van der Waals surface area contributed by atoms with Crippen LogP contribution >= 0.6 is 0 Å². The summed E-state index contributed by atoms with van der Waals surface area (Å²) in [5.41, 5.74) is 4.01. The van der Waals surface area contributed by atoms with Gasteiger partial charge in [-0.2, -0.15) is 0 Å². The molecule has 24 heavy (non-hydrogen) atoms. The molecule has 0 fully saturated rings. The fraction of sp³-hybridized carbons (Fsp3) is 0.333. The minimum atomic E-state index is 0.866. The number of hydrogen-bond acceptors (Lipinski definition) is 2. The zero-order chi connectivity index (χ0) is 16.9. The number of ether oxygens (including phenoxy) is 1. The molecule has 2 aromatic carbocycles. The minimum Gasteiger partial charge on any atom is -0.497 e. The third-order valence-corrected chi connectivity index (χ3v) is 4.41. The van der Waals surface area contributed by atoms with E-state index < -0.39 is 0 Å². The molecule has 3 rings (SSSR count). The maximum Gasteiger partial charge on any atom is 0.119 e. The van der Waals surface area contributed by atoms with Gasteiger partial charge >= 0.3 is 0 Å². The SMILES string of the molecule is COc1cccc(Cn2cc(CCCN(C)C)c3ccccc32)c1. The largest absolute Gasteiger partial charge is 0.497 e. The number of para-hydroxylation sites is 1. The summed E-state index contributed by atoms with van der Waals surface area (Å²) in [7, 11) is 5.98. The van der Waals surface area contributed by atoms with Crippen LogP contribution < -0.4 is 4.74 Å². The van der Waals surface area contributed by atoms with Gasteiger partial charge in [0.2, 0.25) is 0 Å². The average molecular weight is 322 g/mol. The number of benzene rings is 2. The van der Waals surface area contributed by atoms with Crippen LogP contribution in [0.1, 0.15) is 17.5 Å². The van der Waals surface area contributed by atoms with Crippen molar-refractivity contribution < 1.29 is 4.74 Å². The monoisotopic (exact) mass is 322 g/mol. The van der Waals surface area contributed by atoms with Crippen LogP contribution in [0.4, 0.5) is 0 Å². The van der Waals surface area contributed by atoms with E-state index in [0.29, 0.717) is 0 Å². The second kappa shape index (κ2) is 7.54. The molecule has 0 bridgehead atoms. The molecule has 1 heterocycles. The number of fused-ring (bicyclic) bond motifs is 1. The van der Waals surface area contributed by atoms with Gasteiger partial charge in [-0.3, -0.25) is 0 Å². The zero-order valence-electron chi connectivity index (χ0n) is 14.8. The van der Waals surface area contributed by atoms with Gasteiger partial charge in [0, 0.05) is 23.6 Å². The van der Waals surface area contributed by atoms with Crippen molar-refractivity contribution in [1.29, 1.82) is 0 Å². The predicted octanol–water partition coefficient (Wildman–Crippen LogP) is 4.19. The topological polar surface area (TPSA) is 17.4 Å². The third-order valence-electron chi connectivity index (χ3n) is 4.41. The van der Waals surface area contributed by atoms with E-state index in [2.05, 4.69) is 72.2 Å². The summed E-state index contributed by atoms with van der Waals surface area (Å²) in [5.74, 6) is 0.912. The number of nitrogens with zero attached hydrogens (tertiary/aromatic N) is 2. The minimum absolute atomic E-state index is 0.866. The first-order valence-corrected chi connectivity index (χ1v) is 8.52. The van der Waals surface area contributed by atoms with Crippen molar-refractivity contribution in [3.05, 3.63) is 65.9 Å². The Morgan fingerprint density at radius 1 is 1.04 bits per heavy atom. The Hall–Kier alpha value is -2.26. The molecule has 0 aliphatic heterocycles. The predicted molar refractivity (Wildman–Crippen MR) is 101 cm³/mol. The van der Waals surface area contributed by atoms with Crippen LogP contribution in [-0.2, 0) is 13.0 Å². The van der Waals surface area contributed by atoms with Crippen molar-refractivity contribution in [1.82, 2.24) is 9.47 Å². The fourth-order valence-electron chi connectivity index (χ4n) is 3.21. The average Bonchev–Trinajstić information content (AvgIpc) is 2.93. The van der Waals surface area contributed by atoms with Gasteiger partial charge in [-0.25, -0.2) is 0 Å². The van der Waals surface area contributed by atoms with Crippen molar-refractivity contribution in [2.75, 3.05) is 27.7 Å². The maximum atomic E-state index is 5.35. The molecule has 0 amide bonds. The highest BCUT2D eigenvalue weighted by molar-refractivity contribution is 5.84. The van der Waals surface area contributed by atoms with Crippen molar-refractivity contribution in [2.24, 2.45) is 0 Å². The van der Waals surface area contributed by atoms with Gasteiger partial charge in [-0.05, 0) is 62.8 Å². The summed E-state index contributed by atoms with van der Waals surface area (Å²) in [6.45, 7) is 1.99. The van der Waals surface area contributed by atoms with Gasteiger partial charge in [0.25, 0.3) is 0 Å². The Morgan fingerprint density at radius 2 is 1.88 bits per heavy atom. The van der Waals surface area contributed by atoms with Crippen LogP contribution in [-0.4, -0.2) is 37.2 Å². The van der Waals surface area contributed by atoms with Gasteiger partial charge in [-0.15, -0.1) is 0 Å². The molecule has 0 saturated heterocycles. The Labute approximate surface area is 144 Å². The molecule has 1 aromatic heterocycles. The number of hydrogen-bond donors (Lipinski definition) is 0. The smallest absolute Gasteiger partial charge is 0.119 e. The molecule has 0 radical (unpaired) electrons. The van der Waals surface area contributed by atoms with Crippen LogP contribution in [0.25, 0.3) is 10.9 Å². The second-order valence-electron chi connectivity index (χ2n) is 6.56. The second-order valence-corrected chi connectivity index (χ2v) is 6.56. The van der Waals surface area contributed by atoms with Gasteiger partial charge in [-0.1, -0.05) is 30.3 Å². The molecule has 0 spiro atoms. The highest BCUT2D eigenvalue weighted by Gasteiger charge is 2.09. The van der Waals surface area contributed by atoms with E-state index in [1.54, 1.807) is 7.11 Å². The molecule has 0 aliphatic rings. The van der Waals surface area contributed by atoms with Gasteiger partial charge < -0.3 is 14.2 Å². The van der Waals surface area contributed by atoms with Crippen LogP contribution in [0, 0.1) is 0 Å². The van der Waals surface area contributed by atoms with Crippen LogP contribution in [0.15, 0.2) is 54.7 Å². The number of rotatable bonds is 7. The summed E-state index contributed by atoms with van der Waals surface area (Å²) in [4.78, 5) is 2.25. The molecule has 3 heteroatoms. The summed E-state index contributed by atoms with van der Waals surface area (Å²) < 4.78 is 7.70. The fourth-order valence-corrected chi connectivity index (χ4v) is 3.21.